The van der Waals surface area contributed by atoms with E-state index in [-0.39, 0.29) is 0 Å². The van der Waals surface area contributed by atoms with Crippen LogP contribution in [0.1, 0.15) is 12.5 Å². The monoisotopic (exact) mass is 237 g/mol. The third-order valence-electron chi connectivity index (χ3n) is 1.95. The Kier molecular flexibility index (Phi) is 4.86. The van der Waals surface area contributed by atoms with Crippen molar-refractivity contribution in [1.82, 2.24) is 5.32 Å². The fraction of sp³-hybridized carbons (Fsp3) is 0.250. The number of benzene rings is 1. The number of nitrogens with zero attached hydrogens (tertiary/aromatic N) is 1. The lowest BCUT2D eigenvalue weighted by atomic mass is 10.2. The Morgan fingerprint density at radius 2 is 2.19 bits per heavy atom. The normalized spacial score (nSPS) is 11.2. The predicted molar refractivity (Wildman–Crippen MR) is 69.6 cm³/mol. The number of guanidine groups is 1. The zero-order valence-electron chi connectivity index (χ0n) is 9.33. The Balaban J connectivity index is 2.52. The van der Waals surface area contributed by atoms with E-state index in [1.54, 1.807) is 0 Å². The summed E-state index contributed by atoms with van der Waals surface area (Å²) in [7, 11) is 0. The molecule has 0 unspecified atom stereocenters. The molecule has 0 saturated carbocycles. The minimum absolute atomic E-state index is 0.405. The quantitative estimate of drug-likeness (QED) is 0.480. The number of aliphatic imine (C=N–C) groups is 1. The molecule has 16 heavy (non-hydrogen) atoms. The molecule has 0 aromatic heterocycles. The van der Waals surface area contributed by atoms with E-state index in [9.17, 15) is 0 Å². The van der Waals surface area contributed by atoms with Gasteiger partial charge in [-0.05, 0) is 18.6 Å². The van der Waals surface area contributed by atoms with E-state index in [0.717, 1.165) is 11.1 Å². The van der Waals surface area contributed by atoms with E-state index < -0.39 is 0 Å². The number of hydrogen-bond donors (Lipinski definition) is 2. The molecule has 0 spiro atoms. The maximum atomic E-state index is 5.99. The van der Waals surface area contributed by atoms with Crippen LogP contribution in [0.4, 0.5) is 0 Å². The van der Waals surface area contributed by atoms with Gasteiger partial charge in [-0.25, -0.2) is 4.99 Å². The molecule has 0 saturated heterocycles. The van der Waals surface area contributed by atoms with E-state index in [1.165, 1.54) is 0 Å². The van der Waals surface area contributed by atoms with E-state index in [1.807, 2.05) is 31.2 Å². The lowest BCUT2D eigenvalue weighted by Gasteiger charge is -2.05. The summed E-state index contributed by atoms with van der Waals surface area (Å²) in [6.07, 6.45) is 0. The fourth-order valence-corrected chi connectivity index (χ4v) is 1.29. The molecule has 1 aromatic rings. The van der Waals surface area contributed by atoms with E-state index in [4.69, 9.17) is 17.3 Å². The van der Waals surface area contributed by atoms with Crippen LogP contribution in [0.2, 0.25) is 5.02 Å². The molecule has 0 aliphatic carbocycles. The number of nitrogens with two attached hydrogens (primary N) is 1. The van der Waals surface area contributed by atoms with Crippen LogP contribution in [0.15, 0.2) is 41.4 Å². The van der Waals surface area contributed by atoms with Crippen molar-refractivity contribution in [2.45, 2.75) is 13.5 Å². The molecular weight excluding hydrogens is 222 g/mol. The SMILES string of the molecule is C=C(C)CNC(N)=NCc1ccccc1Cl. The van der Waals surface area contributed by atoms with Gasteiger partial charge in [0, 0.05) is 11.6 Å². The van der Waals surface area contributed by atoms with Gasteiger partial charge in [-0.2, -0.15) is 0 Å². The summed E-state index contributed by atoms with van der Waals surface area (Å²) >= 11 is 5.99. The van der Waals surface area contributed by atoms with Crippen molar-refractivity contribution >= 4 is 17.6 Å². The zero-order chi connectivity index (χ0) is 12.0. The minimum atomic E-state index is 0.405. The smallest absolute Gasteiger partial charge is 0.189 e. The van der Waals surface area contributed by atoms with Crippen LogP contribution in [0.25, 0.3) is 0 Å². The maximum absolute atomic E-state index is 5.99. The number of hydrogen-bond acceptors (Lipinski definition) is 1. The first-order valence-corrected chi connectivity index (χ1v) is 5.39. The van der Waals surface area contributed by atoms with Crippen LogP contribution in [0.3, 0.4) is 0 Å². The number of nitrogens with one attached hydrogen (secondary N) is 1. The molecule has 0 amide bonds. The van der Waals surface area contributed by atoms with E-state index in [2.05, 4.69) is 16.9 Å². The van der Waals surface area contributed by atoms with Crippen LogP contribution in [-0.2, 0) is 6.54 Å². The van der Waals surface area contributed by atoms with Gasteiger partial charge in [-0.1, -0.05) is 42.0 Å². The van der Waals surface area contributed by atoms with Crippen LogP contribution < -0.4 is 11.1 Å². The highest BCUT2D eigenvalue weighted by atomic mass is 35.5. The Morgan fingerprint density at radius 1 is 1.50 bits per heavy atom. The number of halogens is 1. The van der Waals surface area contributed by atoms with Crippen LogP contribution in [0, 0.1) is 0 Å². The standard InChI is InChI=1S/C12H16ClN3/c1-9(2)7-15-12(14)16-8-10-5-3-4-6-11(10)13/h3-6H,1,7-8H2,2H3,(H3,14,15,16). The van der Waals surface area contributed by atoms with Gasteiger partial charge in [0.15, 0.2) is 5.96 Å². The summed E-state index contributed by atoms with van der Waals surface area (Å²) in [5.41, 5.74) is 7.65. The van der Waals surface area contributed by atoms with Gasteiger partial charge in [0.1, 0.15) is 0 Å². The summed E-state index contributed by atoms with van der Waals surface area (Å²) < 4.78 is 0. The Labute approximate surface area is 101 Å². The molecule has 0 fully saturated rings. The topological polar surface area (TPSA) is 50.4 Å². The second-order valence-electron chi connectivity index (χ2n) is 3.60. The lowest BCUT2D eigenvalue weighted by Crippen LogP contribution is -2.32. The average molecular weight is 238 g/mol. The molecular formula is C12H16ClN3. The molecule has 0 bridgehead atoms. The molecule has 86 valence electrons. The molecule has 0 aliphatic heterocycles. The van der Waals surface area contributed by atoms with Crippen molar-refractivity contribution in [2.24, 2.45) is 10.7 Å². The molecule has 3 N–H and O–H groups in total. The highest BCUT2D eigenvalue weighted by molar-refractivity contribution is 6.31. The Morgan fingerprint density at radius 3 is 2.81 bits per heavy atom. The van der Waals surface area contributed by atoms with Gasteiger partial charge in [0.05, 0.1) is 6.54 Å². The maximum Gasteiger partial charge on any atom is 0.189 e. The summed E-state index contributed by atoms with van der Waals surface area (Å²) in [6, 6.07) is 7.58. The molecule has 4 heteroatoms. The molecule has 0 atom stereocenters. The number of rotatable bonds is 4. The Hall–Kier alpha value is -1.48. The van der Waals surface area contributed by atoms with Crippen molar-refractivity contribution in [3.05, 3.63) is 47.0 Å². The van der Waals surface area contributed by atoms with Crippen molar-refractivity contribution in [1.29, 1.82) is 0 Å². The van der Waals surface area contributed by atoms with E-state index >= 15 is 0 Å². The van der Waals surface area contributed by atoms with Crippen molar-refractivity contribution in [3.63, 3.8) is 0 Å². The van der Waals surface area contributed by atoms with Gasteiger partial charge in [-0.15, -0.1) is 0 Å². The fourth-order valence-electron chi connectivity index (χ4n) is 1.09. The molecule has 0 radical (unpaired) electrons. The first kappa shape index (κ1) is 12.6. The summed E-state index contributed by atoms with van der Waals surface area (Å²) in [4.78, 5) is 4.18. The summed E-state index contributed by atoms with van der Waals surface area (Å²) in [6.45, 7) is 6.81. The second-order valence-corrected chi connectivity index (χ2v) is 4.01. The summed E-state index contributed by atoms with van der Waals surface area (Å²) in [5, 5.41) is 3.66. The third kappa shape index (κ3) is 4.36. The highest BCUT2D eigenvalue weighted by Crippen LogP contribution is 2.15. The Bertz CT molecular complexity index is 399. The first-order chi connectivity index (χ1) is 7.59. The lowest BCUT2D eigenvalue weighted by molar-refractivity contribution is 0.940. The van der Waals surface area contributed by atoms with E-state index in [0.29, 0.717) is 24.1 Å². The van der Waals surface area contributed by atoms with Gasteiger partial charge in [-0.3, -0.25) is 0 Å². The van der Waals surface area contributed by atoms with Gasteiger partial charge in [0.2, 0.25) is 0 Å². The van der Waals surface area contributed by atoms with Crippen LogP contribution in [-0.4, -0.2) is 12.5 Å². The molecule has 0 heterocycles. The van der Waals surface area contributed by atoms with Gasteiger partial charge in [0.25, 0.3) is 0 Å². The van der Waals surface area contributed by atoms with Crippen molar-refractivity contribution < 1.29 is 0 Å². The van der Waals surface area contributed by atoms with Crippen LogP contribution in [0.5, 0.6) is 0 Å². The highest BCUT2D eigenvalue weighted by Gasteiger charge is 1.97. The third-order valence-corrected chi connectivity index (χ3v) is 2.32. The van der Waals surface area contributed by atoms with Crippen molar-refractivity contribution in [3.8, 4) is 0 Å². The minimum Gasteiger partial charge on any atom is -0.370 e. The molecule has 1 aromatic carbocycles. The average Bonchev–Trinajstić information content (AvgIpc) is 2.25. The summed E-state index contributed by atoms with van der Waals surface area (Å²) in [5.74, 6) is 0.405. The molecule has 3 nitrogen and oxygen atoms in total. The largest absolute Gasteiger partial charge is 0.370 e. The molecule has 1 rings (SSSR count). The van der Waals surface area contributed by atoms with Crippen molar-refractivity contribution in [2.75, 3.05) is 6.54 Å². The second kappa shape index (κ2) is 6.18. The van der Waals surface area contributed by atoms with Gasteiger partial charge < -0.3 is 11.1 Å². The molecule has 0 aliphatic rings. The first-order valence-electron chi connectivity index (χ1n) is 5.01. The predicted octanol–water partition coefficient (Wildman–Crippen LogP) is 2.32. The van der Waals surface area contributed by atoms with Crippen LogP contribution >= 0.6 is 11.6 Å². The van der Waals surface area contributed by atoms with Gasteiger partial charge >= 0.3 is 0 Å². The zero-order valence-corrected chi connectivity index (χ0v) is 10.1.